The van der Waals surface area contributed by atoms with E-state index < -0.39 is 0 Å². The summed E-state index contributed by atoms with van der Waals surface area (Å²) in [7, 11) is 0. The molecule has 5 rings (SSSR count). The molecule has 1 aromatic heterocycles. The minimum absolute atomic E-state index is 0.0496. The van der Waals surface area contributed by atoms with Gasteiger partial charge in [0.25, 0.3) is 5.56 Å². The van der Waals surface area contributed by atoms with Crippen LogP contribution in [0.4, 0.5) is 10.1 Å². The molecule has 1 amide bonds. The number of fused-ring (bicyclic) bond motifs is 4. The van der Waals surface area contributed by atoms with Crippen LogP contribution in [0, 0.1) is 11.7 Å². The molecule has 0 radical (unpaired) electrons. The Balaban J connectivity index is 1.12. The lowest BCUT2D eigenvalue weighted by Gasteiger charge is -2.42. The van der Waals surface area contributed by atoms with Gasteiger partial charge in [-0.2, -0.15) is 0 Å². The fourth-order valence-corrected chi connectivity index (χ4v) is 5.58. The number of amides is 1. The first-order valence-electron chi connectivity index (χ1n) is 11.7. The number of carbonyl (C=O) groups is 2. The lowest BCUT2D eigenvalue weighted by molar-refractivity contribution is -0.136. The van der Waals surface area contributed by atoms with E-state index in [9.17, 15) is 18.8 Å². The molecular weight excluding hydrogens is 423 g/mol. The van der Waals surface area contributed by atoms with Crippen LogP contribution in [0.5, 0.6) is 0 Å². The zero-order chi connectivity index (χ0) is 22.9. The third-order valence-electron chi connectivity index (χ3n) is 7.13. The van der Waals surface area contributed by atoms with E-state index in [1.807, 2.05) is 16.7 Å². The number of likely N-dealkylation sites (tertiary alicyclic amines) is 1. The van der Waals surface area contributed by atoms with Crippen LogP contribution in [0.3, 0.4) is 0 Å². The molecule has 7 nitrogen and oxygen atoms in total. The Hall–Kier alpha value is -3.00. The number of ketones is 1. The van der Waals surface area contributed by atoms with Crippen molar-refractivity contribution in [3.8, 4) is 0 Å². The standard InChI is InChI=1S/C25H29FN4O3/c26-20-4-6-21(7-5-20)28-8-10-29(11-9-28)25(33)13-22(31)17-27-14-18-12-19(16-27)23-2-1-3-24(32)30(23)15-18/h1-7,18-19H,8-17H2. The fourth-order valence-electron chi connectivity index (χ4n) is 5.58. The van der Waals surface area contributed by atoms with Crippen molar-refractivity contribution in [1.29, 1.82) is 0 Å². The zero-order valence-electron chi connectivity index (χ0n) is 18.7. The van der Waals surface area contributed by atoms with Crippen LogP contribution < -0.4 is 10.5 Å². The zero-order valence-corrected chi connectivity index (χ0v) is 18.7. The van der Waals surface area contributed by atoms with Gasteiger partial charge in [-0.05, 0) is 42.7 Å². The molecule has 2 saturated heterocycles. The van der Waals surface area contributed by atoms with Crippen LogP contribution in [-0.4, -0.2) is 71.9 Å². The number of aromatic nitrogens is 1. The Bertz CT molecular complexity index is 1090. The Morgan fingerprint density at radius 3 is 2.45 bits per heavy atom. The molecule has 0 saturated carbocycles. The Morgan fingerprint density at radius 1 is 0.939 bits per heavy atom. The molecule has 4 heterocycles. The molecule has 0 aliphatic carbocycles. The van der Waals surface area contributed by atoms with Crippen molar-refractivity contribution in [1.82, 2.24) is 14.4 Å². The van der Waals surface area contributed by atoms with Crippen molar-refractivity contribution in [2.75, 3.05) is 50.7 Å². The van der Waals surface area contributed by atoms with Crippen LogP contribution in [0.25, 0.3) is 0 Å². The van der Waals surface area contributed by atoms with Crippen molar-refractivity contribution in [2.24, 2.45) is 5.92 Å². The number of pyridine rings is 1. The summed E-state index contributed by atoms with van der Waals surface area (Å²) in [6.07, 6.45) is 0.976. The second-order valence-corrected chi connectivity index (χ2v) is 9.45. The summed E-state index contributed by atoms with van der Waals surface area (Å²) in [5.74, 6) is 0.189. The molecule has 2 aromatic rings. The Morgan fingerprint density at radius 2 is 1.70 bits per heavy atom. The van der Waals surface area contributed by atoms with Crippen LogP contribution in [0.1, 0.15) is 24.5 Å². The van der Waals surface area contributed by atoms with Gasteiger partial charge >= 0.3 is 0 Å². The number of Topliss-reactive ketones (excluding diaryl/α,β-unsaturated/α-hetero) is 1. The maximum atomic E-state index is 13.1. The summed E-state index contributed by atoms with van der Waals surface area (Å²) in [5, 5.41) is 0. The third kappa shape index (κ3) is 4.71. The summed E-state index contributed by atoms with van der Waals surface area (Å²) in [6, 6.07) is 11.8. The normalized spacial score (nSPS) is 22.7. The second-order valence-electron chi connectivity index (χ2n) is 9.45. The minimum atomic E-state index is -0.262. The van der Waals surface area contributed by atoms with E-state index in [0.29, 0.717) is 38.6 Å². The Kier molecular flexibility index (Phi) is 6.01. The third-order valence-corrected chi connectivity index (χ3v) is 7.13. The molecule has 1 aromatic carbocycles. The second kappa shape index (κ2) is 9.09. The van der Waals surface area contributed by atoms with Gasteiger partial charge < -0.3 is 14.4 Å². The van der Waals surface area contributed by atoms with Crippen molar-refractivity contribution in [3.05, 3.63) is 64.3 Å². The average Bonchev–Trinajstić information content (AvgIpc) is 2.80. The van der Waals surface area contributed by atoms with Crippen LogP contribution in [-0.2, 0) is 16.1 Å². The molecule has 8 heteroatoms. The van der Waals surface area contributed by atoms with E-state index in [0.717, 1.165) is 30.9 Å². The topological polar surface area (TPSA) is 65.9 Å². The lowest BCUT2D eigenvalue weighted by Crippen LogP contribution is -2.50. The highest BCUT2D eigenvalue weighted by Gasteiger charge is 2.35. The molecule has 3 aliphatic heterocycles. The van der Waals surface area contributed by atoms with E-state index in [2.05, 4.69) is 9.80 Å². The van der Waals surface area contributed by atoms with Crippen LogP contribution in [0.2, 0.25) is 0 Å². The quantitative estimate of drug-likeness (QED) is 0.647. The van der Waals surface area contributed by atoms with Gasteiger partial charge in [0.15, 0.2) is 5.78 Å². The van der Waals surface area contributed by atoms with Crippen molar-refractivity contribution < 1.29 is 14.0 Å². The smallest absolute Gasteiger partial charge is 0.250 e. The van der Waals surface area contributed by atoms with Gasteiger partial charge in [0.2, 0.25) is 5.91 Å². The SMILES string of the molecule is O=C(CC(=O)N1CCN(c2ccc(F)cc2)CC1)CN1CC2CC(C1)c1cccc(=O)n1C2. The first-order valence-corrected chi connectivity index (χ1v) is 11.7. The van der Waals surface area contributed by atoms with Gasteiger partial charge in [-0.15, -0.1) is 0 Å². The van der Waals surface area contributed by atoms with E-state index >= 15 is 0 Å². The van der Waals surface area contributed by atoms with E-state index in [1.165, 1.54) is 12.1 Å². The van der Waals surface area contributed by atoms with Crippen molar-refractivity contribution in [2.45, 2.75) is 25.3 Å². The number of halogens is 1. The summed E-state index contributed by atoms with van der Waals surface area (Å²) in [4.78, 5) is 43.6. The summed E-state index contributed by atoms with van der Waals surface area (Å²) < 4.78 is 15.0. The maximum Gasteiger partial charge on any atom is 0.250 e. The predicted molar refractivity (Wildman–Crippen MR) is 123 cm³/mol. The molecule has 2 fully saturated rings. The van der Waals surface area contributed by atoms with Gasteiger partial charge in [0.1, 0.15) is 5.82 Å². The van der Waals surface area contributed by atoms with Crippen LogP contribution >= 0.6 is 0 Å². The molecule has 174 valence electrons. The number of hydrogen-bond acceptors (Lipinski definition) is 5. The van der Waals surface area contributed by atoms with E-state index in [4.69, 9.17) is 0 Å². The van der Waals surface area contributed by atoms with Crippen LogP contribution in [0.15, 0.2) is 47.3 Å². The highest BCUT2D eigenvalue weighted by molar-refractivity contribution is 5.99. The largest absolute Gasteiger partial charge is 0.368 e. The number of anilines is 1. The molecule has 0 N–H and O–H groups in total. The predicted octanol–water partition coefficient (Wildman–Crippen LogP) is 1.71. The van der Waals surface area contributed by atoms with Gasteiger partial charge in [0.05, 0.1) is 13.0 Å². The highest BCUT2D eigenvalue weighted by Crippen LogP contribution is 2.34. The minimum Gasteiger partial charge on any atom is -0.368 e. The molecule has 3 aliphatic rings. The van der Waals surface area contributed by atoms with E-state index in [1.54, 1.807) is 23.1 Å². The van der Waals surface area contributed by atoms with E-state index in [-0.39, 0.29) is 42.0 Å². The summed E-state index contributed by atoms with van der Waals surface area (Å²) in [5.41, 5.74) is 2.06. The maximum absolute atomic E-state index is 13.1. The van der Waals surface area contributed by atoms with Gasteiger partial charge in [0, 0.05) is 69.2 Å². The number of rotatable bonds is 5. The van der Waals surface area contributed by atoms with Gasteiger partial charge in [-0.25, -0.2) is 4.39 Å². The van der Waals surface area contributed by atoms with Crippen molar-refractivity contribution in [3.63, 3.8) is 0 Å². The number of carbonyl (C=O) groups excluding carboxylic acids is 2. The molecule has 2 bridgehead atoms. The first-order chi connectivity index (χ1) is 16.0. The monoisotopic (exact) mass is 452 g/mol. The number of nitrogens with zero attached hydrogens (tertiary/aromatic N) is 4. The number of piperazine rings is 1. The number of piperidine rings is 1. The molecule has 2 unspecified atom stereocenters. The Labute approximate surface area is 192 Å². The molecule has 2 atom stereocenters. The van der Waals surface area contributed by atoms with Gasteiger partial charge in [-0.1, -0.05) is 6.07 Å². The average molecular weight is 453 g/mol. The van der Waals surface area contributed by atoms with Crippen molar-refractivity contribution >= 4 is 17.4 Å². The summed E-state index contributed by atoms with van der Waals surface area (Å²) >= 11 is 0. The first kappa shape index (κ1) is 21.8. The number of benzene rings is 1. The fraction of sp³-hybridized carbons (Fsp3) is 0.480. The lowest BCUT2D eigenvalue weighted by atomic mass is 9.83. The molecule has 33 heavy (non-hydrogen) atoms. The molecular formula is C25H29FN4O3. The highest BCUT2D eigenvalue weighted by atomic mass is 19.1. The number of hydrogen-bond donors (Lipinski definition) is 0. The summed E-state index contributed by atoms with van der Waals surface area (Å²) in [6.45, 7) is 4.97. The van der Waals surface area contributed by atoms with Gasteiger partial charge in [-0.3, -0.25) is 19.3 Å². The molecule has 0 spiro atoms.